The lowest BCUT2D eigenvalue weighted by molar-refractivity contribution is -0.128. The van der Waals surface area contributed by atoms with Gasteiger partial charge in [-0.25, -0.2) is 0 Å². The highest BCUT2D eigenvalue weighted by molar-refractivity contribution is 5.81. The molecule has 0 unspecified atom stereocenters. The van der Waals surface area contributed by atoms with E-state index in [9.17, 15) is 4.79 Å². The molecule has 1 aliphatic heterocycles. The zero-order valence-corrected chi connectivity index (χ0v) is 14.2. The zero-order chi connectivity index (χ0) is 17.1. The Morgan fingerprint density at radius 2 is 2.08 bits per heavy atom. The molecule has 1 aliphatic carbocycles. The van der Waals surface area contributed by atoms with Gasteiger partial charge in [0.25, 0.3) is 0 Å². The average Bonchev–Trinajstić information content (AvgIpc) is 3.39. The number of hydrogen-bond donors (Lipinski definition) is 1. The van der Waals surface area contributed by atoms with E-state index in [2.05, 4.69) is 25.3 Å². The smallest absolute Gasteiger partial charge is 0.246 e. The van der Waals surface area contributed by atoms with Crippen LogP contribution in [0.2, 0.25) is 0 Å². The summed E-state index contributed by atoms with van der Waals surface area (Å²) in [5.41, 5.74) is 1.18. The largest absolute Gasteiger partial charge is 0.346 e. The first-order valence-corrected chi connectivity index (χ1v) is 9.03. The summed E-state index contributed by atoms with van der Waals surface area (Å²) in [6, 6.07) is 3.90. The van der Waals surface area contributed by atoms with Crippen LogP contribution in [-0.4, -0.2) is 38.5 Å². The van der Waals surface area contributed by atoms with E-state index >= 15 is 0 Å². The number of aromatic nitrogens is 3. The monoisotopic (exact) mass is 341 g/mol. The van der Waals surface area contributed by atoms with Crippen molar-refractivity contribution in [2.75, 3.05) is 6.54 Å². The normalized spacial score (nSPS) is 21.2. The number of carbonyl (C=O) groups is 1. The van der Waals surface area contributed by atoms with Crippen molar-refractivity contribution >= 4 is 5.91 Å². The van der Waals surface area contributed by atoms with E-state index in [0.717, 1.165) is 51.0 Å². The Kier molecular flexibility index (Phi) is 4.74. The van der Waals surface area contributed by atoms with Crippen LogP contribution in [0.25, 0.3) is 0 Å². The van der Waals surface area contributed by atoms with Crippen LogP contribution in [0.3, 0.4) is 0 Å². The van der Waals surface area contributed by atoms with Crippen LogP contribution in [0.5, 0.6) is 0 Å². The fraction of sp³-hybridized carbons (Fsp3) is 0.556. The third-order valence-corrected chi connectivity index (χ3v) is 4.89. The van der Waals surface area contributed by atoms with Crippen LogP contribution in [-0.2, 0) is 17.9 Å². The third-order valence-electron chi connectivity index (χ3n) is 4.89. The second-order valence-electron chi connectivity index (χ2n) is 6.88. The van der Waals surface area contributed by atoms with Gasteiger partial charge in [0.2, 0.25) is 11.8 Å². The van der Waals surface area contributed by atoms with E-state index in [1.807, 2.05) is 12.1 Å². The molecule has 2 fully saturated rings. The minimum absolute atomic E-state index is 0.0416. The quantitative estimate of drug-likeness (QED) is 0.865. The number of hydrogen-bond acceptors (Lipinski definition) is 6. The number of nitrogens with one attached hydrogen (secondary N) is 1. The topological polar surface area (TPSA) is 84.2 Å². The molecule has 2 aromatic rings. The van der Waals surface area contributed by atoms with Gasteiger partial charge in [-0.1, -0.05) is 11.6 Å². The number of rotatable bonds is 6. The molecule has 1 saturated heterocycles. The molecule has 7 nitrogen and oxygen atoms in total. The van der Waals surface area contributed by atoms with Crippen LogP contribution in [0.1, 0.15) is 55.3 Å². The van der Waals surface area contributed by atoms with Crippen molar-refractivity contribution in [3.63, 3.8) is 0 Å². The van der Waals surface area contributed by atoms with Crippen molar-refractivity contribution < 1.29 is 9.32 Å². The van der Waals surface area contributed by atoms with Gasteiger partial charge in [-0.3, -0.25) is 14.7 Å². The van der Waals surface area contributed by atoms with Gasteiger partial charge in [-0.2, -0.15) is 4.98 Å². The predicted molar refractivity (Wildman–Crippen MR) is 90.4 cm³/mol. The summed E-state index contributed by atoms with van der Waals surface area (Å²) >= 11 is 0. The molecule has 132 valence electrons. The molecule has 1 saturated carbocycles. The molecule has 0 bridgehead atoms. The first kappa shape index (κ1) is 16.2. The minimum atomic E-state index is -0.104. The summed E-state index contributed by atoms with van der Waals surface area (Å²) in [7, 11) is 0. The third kappa shape index (κ3) is 4.04. The van der Waals surface area contributed by atoms with Crippen LogP contribution < -0.4 is 5.32 Å². The van der Waals surface area contributed by atoms with E-state index in [1.165, 1.54) is 5.56 Å². The van der Waals surface area contributed by atoms with Gasteiger partial charge >= 0.3 is 0 Å². The summed E-state index contributed by atoms with van der Waals surface area (Å²) in [4.78, 5) is 23.3. The SMILES string of the molecule is O=C(NCc1nc(C2CC2)no1)[C@@H]1CCCCN1Cc1ccncc1. The summed E-state index contributed by atoms with van der Waals surface area (Å²) in [6.07, 6.45) is 8.95. The van der Waals surface area contributed by atoms with E-state index in [0.29, 0.717) is 18.4 Å². The number of pyridine rings is 1. The lowest BCUT2D eigenvalue weighted by Gasteiger charge is -2.34. The van der Waals surface area contributed by atoms with E-state index in [-0.39, 0.29) is 11.9 Å². The van der Waals surface area contributed by atoms with Crippen LogP contribution in [0.15, 0.2) is 29.0 Å². The predicted octanol–water partition coefficient (Wildman–Crippen LogP) is 2.01. The van der Waals surface area contributed by atoms with E-state index in [4.69, 9.17) is 4.52 Å². The fourth-order valence-corrected chi connectivity index (χ4v) is 3.33. The fourth-order valence-electron chi connectivity index (χ4n) is 3.33. The number of likely N-dealkylation sites (tertiary alicyclic amines) is 1. The highest BCUT2D eigenvalue weighted by Crippen LogP contribution is 2.38. The summed E-state index contributed by atoms with van der Waals surface area (Å²) in [6.45, 7) is 2.01. The Balaban J connectivity index is 1.34. The lowest BCUT2D eigenvalue weighted by atomic mass is 10.0. The van der Waals surface area contributed by atoms with Gasteiger partial charge in [-0.05, 0) is 49.9 Å². The maximum absolute atomic E-state index is 12.7. The number of carbonyl (C=O) groups excluding carboxylic acids is 1. The van der Waals surface area contributed by atoms with Gasteiger partial charge in [0.1, 0.15) is 0 Å². The minimum Gasteiger partial charge on any atom is -0.346 e. The maximum atomic E-state index is 12.7. The average molecular weight is 341 g/mol. The lowest BCUT2D eigenvalue weighted by Crippen LogP contribution is -2.48. The molecule has 25 heavy (non-hydrogen) atoms. The molecule has 1 N–H and O–H groups in total. The second-order valence-corrected chi connectivity index (χ2v) is 6.88. The van der Waals surface area contributed by atoms with Gasteiger partial charge in [0, 0.05) is 24.9 Å². The first-order valence-electron chi connectivity index (χ1n) is 9.03. The van der Waals surface area contributed by atoms with Crippen molar-refractivity contribution in [1.29, 1.82) is 0 Å². The molecule has 4 rings (SSSR count). The molecule has 0 aromatic carbocycles. The van der Waals surface area contributed by atoms with Gasteiger partial charge in [0.05, 0.1) is 12.6 Å². The van der Waals surface area contributed by atoms with Crippen molar-refractivity contribution in [1.82, 2.24) is 25.3 Å². The van der Waals surface area contributed by atoms with E-state index < -0.39 is 0 Å². The van der Waals surface area contributed by atoms with Crippen molar-refractivity contribution in [2.24, 2.45) is 0 Å². The molecule has 0 spiro atoms. The number of amides is 1. The molecular weight excluding hydrogens is 318 g/mol. The maximum Gasteiger partial charge on any atom is 0.246 e. The van der Waals surface area contributed by atoms with Gasteiger partial charge in [-0.15, -0.1) is 0 Å². The number of piperidine rings is 1. The Morgan fingerprint density at radius 1 is 1.24 bits per heavy atom. The Morgan fingerprint density at radius 3 is 2.88 bits per heavy atom. The van der Waals surface area contributed by atoms with E-state index in [1.54, 1.807) is 12.4 Å². The Hall–Kier alpha value is -2.28. The molecule has 1 atom stereocenters. The molecular formula is C18H23N5O2. The molecule has 0 radical (unpaired) electrons. The molecule has 1 amide bonds. The Labute approximate surface area is 146 Å². The highest BCUT2D eigenvalue weighted by Gasteiger charge is 2.30. The zero-order valence-electron chi connectivity index (χ0n) is 14.2. The van der Waals surface area contributed by atoms with Crippen LogP contribution in [0.4, 0.5) is 0 Å². The first-order chi connectivity index (χ1) is 12.3. The summed E-state index contributed by atoms with van der Waals surface area (Å²) < 4.78 is 5.23. The van der Waals surface area contributed by atoms with Crippen molar-refractivity contribution in [3.8, 4) is 0 Å². The van der Waals surface area contributed by atoms with Gasteiger partial charge in [0.15, 0.2) is 5.82 Å². The Bertz CT molecular complexity index is 713. The summed E-state index contributed by atoms with van der Waals surface area (Å²) in [5, 5.41) is 6.95. The summed E-state index contributed by atoms with van der Waals surface area (Å²) in [5.74, 6) is 1.77. The number of nitrogens with zero attached hydrogens (tertiary/aromatic N) is 4. The molecule has 3 heterocycles. The molecule has 2 aliphatic rings. The molecule has 2 aromatic heterocycles. The van der Waals surface area contributed by atoms with Crippen LogP contribution >= 0.6 is 0 Å². The standard InChI is InChI=1S/C18H23N5O2/c24-18(20-11-16-21-17(22-25-16)14-4-5-14)15-3-1-2-10-23(15)12-13-6-8-19-9-7-13/h6-9,14-15H,1-5,10-12H2,(H,20,24)/t15-/m0/s1. The van der Waals surface area contributed by atoms with Crippen molar-refractivity contribution in [3.05, 3.63) is 41.8 Å². The van der Waals surface area contributed by atoms with Gasteiger partial charge < -0.3 is 9.84 Å². The van der Waals surface area contributed by atoms with Crippen LogP contribution in [0, 0.1) is 0 Å². The molecule has 7 heteroatoms. The highest BCUT2D eigenvalue weighted by atomic mass is 16.5. The second kappa shape index (κ2) is 7.31. The van der Waals surface area contributed by atoms with Crippen molar-refractivity contribution in [2.45, 2.75) is 57.2 Å².